The fourth-order valence-electron chi connectivity index (χ4n) is 3.57. The second kappa shape index (κ2) is 5.75. The lowest BCUT2D eigenvalue weighted by Crippen LogP contribution is -2.08. The van der Waals surface area contributed by atoms with Gasteiger partial charge in [-0.05, 0) is 31.0 Å². The molecule has 1 fully saturated rings. The van der Waals surface area contributed by atoms with Gasteiger partial charge in [-0.25, -0.2) is 0 Å². The summed E-state index contributed by atoms with van der Waals surface area (Å²) in [4.78, 5) is 15.0. The van der Waals surface area contributed by atoms with Gasteiger partial charge in [0.2, 0.25) is 0 Å². The standard InChI is InChI=1S/C18H16F3N3O/c19-18(20,21)12-5-3-4-11(10-12)16-15-14(8-9-22-17(15)25)24(23-16)13-6-1-2-7-13/h3-5,8-10,13H,1-2,6-7H2,(H,22,25). The van der Waals surface area contributed by atoms with Crippen molar-refractivity contribution in [1.29, 1.82) is 0 Å². The number of nitrogens with zero attached hydrogens (tertiary/aromatic N) is 2. The number of nitrogens with one attached hydrogen (secondary N) is 1. The molecule has 1 saturated carbocycles. The maximum absolute atomic E-state index is 13.0. The molecule has 1 aliphatic rings. The number of halogens is 3. The SMILES string of the molecule is O=c1[nH]ccc2c1c(-c1cccc(C(F)(F)F)c1)nn2C1CCCC1. The van der Waals surface area contributed by atoms with Gasteiger partial charge in [0.05, 0.1) is 22.5 Å². The van der Waals surface area contributed by atoms with Crippen LogP contribution in [0.2, 0.25) is 0 Å². The molecule has 1 aromatic carbocycles. The van der Waals surface area contributed by atoms with Gasteiger partial charge in [-0.2, -0.15) is 18.3 Å². The molecule has 0 saturated heterocycles. The smallest absolute Gasteiger partial charge is 0.328 e. The van der Waals surface area contributed by atoms with E-state index < -0.39 is 11.7 Å². The van der Waals surface area contributed by atoms with Crippen molar-refractivity contribution < 1.29 is 13.2 Å². The van der Waals surface area contributed by atoms with Crippen molar-refractivity contribution in [2.24, 2.45) is 0 Å². The predicted octanol–water partition coefficient (Wildman–Crippen LogP) is 4.53. The van der Waals surface area contributed by atoms with Crippen LogP contribution in [0, 0.1) is 0 Å². The molecule has 3 aromatic rings. The van der Waals surface area contributed by atoms with E-state index in [1.165, 1.54) is 6.07 Å². The first-order valence-corrected chi connectivity index (χ1v) is 8.23. The minimum atomic E-state index is -4.44. The summed E-state index contributed by atoms with van der Waals surface area (Å²) < 4.78 is 40.9. The van der Waals surface area contributed by atoms with Gasteiger partial charge in [0, 0.05) is 11.8 Å². The lowest BCUT2D eigenvalue weighted by molar-refractivity contribution is -0.137. The average Bonchev–Trinajstić information content (AvgIpc) is 3.22. The zero-order valence-corrected chi connectivity index (χ0v) is 13.3. The molecule has 0 radical (unpaired) electrons. The third kappa shape index (κ3) is 2.73. The lowest BCUT2D eigenvalue weighted by atomic mass is 10.1. The molecule has 130 valence electrons. The zero-order valence-electron chi connectivity index (χ0n) is 13.3. The highest BCUT2D eigenvalue weighted by molar-refractivity contribution is 5.92. The monoisotopic (exact) mass is 347 g/mol. The number of pyridine rings is 1. The van der Waals surface area contributed by atoms with E-state index in [4.69, 9.17) is 0 Å². The first-order valence-electron chi connectivity index (χ1n) is 8.23. The summed E-state index contributed by atoms with van der Waals surface area (Å²) in [6.07, 6.45) is 1.22. The number of benzene rings is 1. The largest absolute Gasteiger partial charge is 0.416 e. The molecule has 4 rings (SSSR count). The molecule has 0 unspecified atom stereocenters. The summed E-state index contributed by atoms with van der Waals surface area (Å²) in [7, 11) is 0. The molecule has 0 aliphatic heterocycles. The first kappa shape index (κ1) is 15.9. The minimum absolute atomic E-state index is 0.184. The van der Waals surface area contributed by atoms with Gasteiger partial charge in [0.15, 0.2) is 0 Å². The van der Waals surface area contributed by atoms with Crippen LogP contribution < -0.4 is 5.56 Å². The van der Waals surface area contributed by atoms with Crippen LogP contribution in [0.4, 0.5) is 13.2 Å². The van der Waals surface area contributed by atoms with Crippen LogP contribution in [0.1, 0.15) is 37.3 Å². The summed E-state index contributed by atoms with van der Waals surface area (Å²) in [5.74, 6) is 0. The van der Waals surface area contributed by atoms with Crippen LogP contribution in [0.3, 0.4) is 0 Å². The van der Waals surface area contributed by atoms with Crippen molar-refractivity contribution in [3.05, 3.63) is 52.4 Å². The second-order valence-electron chi connectivity index (χ2n) is 6.38. The quantitative estimate of drug-likeness (QED) is 0.741. The van der Waals surface area contributed by atoms with Crippen molar-refractivity contribution in [2.45, 2.75) is 37.9 Å². The zero-order chi connectivity index (χ0) is 17.6. The number of hydrogen-bond acceptors (Lipinski definition) is 2. The van der Waals surface area contributed by atoms with Crippen LogP contribution in [0.15, 0.2) is 41.3 Å². The fraction of sp³-hybridized carbons (Fsp3) is 0.333. The molecule has 4 nitrogen and oxygen atoms in total. The molecule has 1 N–H and O–H groups in total. The molecule has 0 spiro atoms. The summed E-state index contributed by atoms with van der Waals surface area (Å²) in [6, 6.07) is 6.91. The Morgan fingerprint density at radius 3 is 2.64 bits per heavy atom. The molecule has 25 heavy (non-hydrogen) atoms. The van der Waals surface area contributed by atoms with E-state index in [1.54, 1.807) is 18.3 Å². The van der Waals surface area contributed by atoms with Crippen molar-refractivity contribution >= 4 is 10.9 Å². The van der Waals surface area contributed by atoms with E-state index in [2.05, 4.69) is 10.1 Å². The van der Waals surface area contributed by atoms with E-state index in [1.807, 2.05) is 4.68 Å². The summed E-state index contributed by atoms with van der Waals surface area (Å²) in [5.41, 5.74) is 0.182. The number of aromatic nitrogens is 3. The molecule has 7 heteroatoms. The first-order chi connectivity index (χ1) is 11.9. The van der Waals surface area contributed by atoms with Crippen LogP contribution in [0.25, 0.3) is 22.2 Å². The van der Waals surface area contributed by atoms with Gasteiger partial charge in [-0.15, -0.1) is 0 Å². The van der Waals surface area contributed by atoms with Crippen molar-refractivity contribution in [1.82, 2.24) is 14.8 Å². The number of fused-ring (bicyclic) bond motifs is 1. The van der Waals surface area contributed by atoms with E-state index >= 15 is 0 Å². The molecular formula is C18H16F3N3O. The average molecular weight is 347 g/mol. The Morgan fingerprint density at radius 2 is 1.92 bits per heavy atom. The molecular weight excluding hydrogens is 331 g/mol. The number of hydrogen-bond donors (Lipinski definition) is 1. The predicted molar refractivity (Wildman–Crippen MR) is 88.3 cm³/mol. The highest BCUT2D eigenvalue weighted by Gasteiger charge is 2.31. The minimum Gasteiger partial charge on any atom is -0.328 e. The molecule has 0 bridgehead atoms. The van der Waals surface area contributed by atoms with Gasteiger partial charge in [-0.1, -0.05) is 25.0 Å². The van der Waals surface area contributed by atoms with Crippen LogP contribution in [0.5, 0.6) is 0 Å². The van der Waals surface area contributed by atoms with Crippen molar-refractivity contribution in [2.75, 3.05) is 0 Å². The van der Waals surface area contributed by atoms with Gasteiger partial charge >= 0.3 is 6.18 Å². The summed E-state index contributed by atoms with van der Waals surface area (Å²) in [5, 5.41) is 4.90. The Balaban J connectivity index is 1.95. The van der Waals surface area contributed by atoms with Gasteiger partial charge in [-0.3, -0.25) is 9.48 Å². The Bertz CT molecular complexity index is 981. The fourth-order valence-corrected chi connectivity index (χ4v) is 3.57. The highest BCUT2D eigenvalue weighted by Crippen LogP contribution is 2.36. The van der Waals surface area contributed by atoms with Crippen molar-refractivity contribution in [3.63, 3.8) is 0 Å². The maximum Gasteiger partial charge on any atom is 0.416 e. The molecule has 0 atom stereocenters. The topological polar surface area (TPSA) is 50.7 Å². The highest BCUT2D eigenvalue weighted by atomic mass is 19.4. The summed E-state index contributed by atoms with van der Waals surface area (Å²) >= 11 is 0. The number of rotatable bonds is 2. The van der Waals surface area contributed by atoms with Gasteiger partial charge < -0.3 is 4.98 Å². The Morgan fingerprint density at radius 1 is 1.16 bits per heavy atom. The normalized spacial score (nSPS) is 16.0. The molecule has 2 heterocycles. The maximum atomic E-state index is 13.0. The van der Waals surface area contributed by atoms with Crippen LogP contribution in [-0.2, 0) is 6.18 Å². The van der Waals surface area contributed by atoms with Gasteiger partial charge in [0.25, 0.3) is 5.56 Å². The Labute approximate surface area is 141 Å². The van der Waals surface area contributed by atoms with E-state index in [0.29, 0.717) is 22.2 Å². The van der Waals surface area contributed by atoms with E-state index in [-0.39, 0.29) is 11.6 Å². The van der Waals surface area contributed by atoms with Crippen molar-refractivity contribution in [3.8, 4) is 11.3 Å². The third-order valence-corrected chi connectivity index (χ3v) is 4.76. The third-order valence-electron chi connectivity index (χ3n) is 4.76. The number of alkyl halides is 3. The van der Waals surface area contributed by atoms with Crippen LogP contribution >= 0.6 is 0 Å². The van der Waals surface area contributed by atoms with E-state index in [0.717, 1.165) is 37.8 Å². The molecule has 1 aliphatic carbocycles. The van der Waals surface area contributed by atoms with Crippen LogP contribution in [-0.4, -0.2) is 14.8 Å². The lowest BCUT2D eigenvalue weighted by Gasteiger charge is -2.11. The summed E-state index contributed by atoms with van der Waals surface area (Å²) in [6.45, 7) is 0. The number of H-pyrrole nitrogens is 1. The Kier molecular flexibility index (Phi) is 3.67. The Hall–Kier alpha value is -2.57. The number of aromatic amines is 1. The molecule has 2 aromatic heterocycles. The van der Waals surface area contributed by atoms with E-state index in [9.17, 15) is 18.0 Å². The van der Waals surface area contributed by atoms with Gasteiger partial charge in [0.1, 0.15) is 5.69 Å². The molecule has 0 amide bonds. The second-order valence-corrected chi connectivity index (χ2v) is 6.38.